The summed E-state index contributed by atoms with van der Waals surface area (Å²) in [5.74, 6) is -1.25. The molecule has 37 heavy (non-hydrogen) atoms. The van der Waals surface area contributed by atoms with E-state index in [4.69, 9.17) is 12.8 Å². The Morgan fingerprint density at radius 1 is 1.03 bits per heavy atom. The van der Waals surface area contributed by atoms with E-state index in [0.29, 0.717) is 19.4 Å². The first kappa shape index (κ1) is 26.2. The molecule has 0 spiro atoms. The Morgan fingerprint density at radius 2 is 1.73 bits per heavy atom. The largest absolute Gasteiger partial charge is 0.370 e. The van der Waals surface area contributed by atoms with E-state index in [1.54, 1.807) is 7.05 Å². The summed E-state index contributed by atoms with van der Waals surface area (Å²) in [4.78, 5) is 45.8. The van der Waals surface area contributed by atoms with Crippen molar-refractivity contribution in [2.24, 2.45) is 16.5 Å². The number of aromatic nitrogens is 1. The molecule has 0 saturated carbocycles. The van der Waals surface area contributed by atoms with Gasteiger partial charge < -0.3 is 26.6 Å². The molecule has 1 unspecified atom stereocenters. The van der Waals surface area contributed by atoms with Gasteiger partial charge in [0, 0.05) is 23.6 Å². The second-order valence-corrected chi connectivity index (χ2v) is 8.78. The van der Waals surface area contributed by atoms with Gasteiger partial charge in [0.25, 0.3) is 0 Å². The fraction of sp³-hybridized carbons (Fsp3) is 0.333. The van der Waals surface area contributed by atoms with Crippen LogP contribution in [0.25, 0.3) is 10.9 Å². The summed E-state index contributed by atoms with van der Waals surface area (Å²) in [6.07, 6.45) is 2.26. The van der Waals surface area contributed by atoms with Crippen molar-refractivity contribution in [2.75, 3.05) is 13.6 Å². The van der Waals surface area contributed by atoms with Crippen molar-refractivity contribution in [1.82, 2.24) is 21.2 Å². The molecule has 2 aromatic carbocycles. The number of benzene rings is 2. The molecule has 0 aliphatic heterocycles. The summed E-state index contributed by atoms with van der Waals surface area (Å²) in [6.45, 7) is 0.302. The van der Waals surface area contributed by atoms with Gasteiger partial charge in [-0.3, -0.25) is 14.6 Å². The summed E-state index contributed by atoms with van der Waals surface area (Å²) < 4.78 is 7.59. The lowest BCUT2D eigenvalue weighted by Gasteiger charge is -2.23. The quantitative estimate of drug-likeness (QED) is 0.0413. The Labute approximate surface area is 217 Å². The zero-order chi connectivity index (χ0) is 27.5. The topological polar surface area (TPSA) is 167 Å². The number of likely N-dealkylation sites (N-methyl/N-ethyl adjacent to an activating group) is 1. The number of guanidine groups is 1. The number of H-pyrrole nitrogens is 1. The highest BCUT2D eigenvalue weighted by molar-refractivity contribution is 6.41. The molecule has 196 valence electrons. The van der Waals surface area contributed by atoms with Gasteiger partial charge in [0.1, 0.15) is 7.63 Å². The maximum atomic E-state index is 13.5. The molecule has 3 aromatic rings. The molecule has 0 amide bonds. The minimum absolute atomic E-state index is 0.0522. The molecule has 10 nitrogen and oxygen atoms in total. The van der Waals surface area contributed by atoms with Gasteiger partial charge in [-0.1, -0.05) is 48.5 Å². The van der Waals surface area contributed by atoms with Crippen molar-refractivity contribution in [1.29, 1.82) is 0 Å². The molecule has 8 N–H and O–H groups in total. The molecule has 3 atom stereocenters. The maximum Gasteiger partial charge on any atom is 0.218 e. The second-order valence-electron chi connectivity index (χ2n) is 8.78. The normalized spacial score (nSPS) is 13.9. The van der Waals surface area contributed by atoms with Crippen LogP contribution >= 0.6 is 0 Å². The molecule has 3 rings (SSSR count). The van der Waals surface area contributed by atoms with Crippen LogP contribution < -0.4 is 27.6 Å². The number of aromatic amines is 1. The van der Waals surface area contributed by atoms with Crippen molar-refractivity contribution in [3.05, 3.63) is 71.9 Å². The number of hydrazine groups is 1. The third-order valence-electron chi connectivity index (χ3n) is 6.13. The van der Waals surface area contributed by atoms with Gasteiger partial charge in [0.2, 0.25) is 11.6 Å². The molecular weight excluding hydrogens is 470 g/mol. The van der Waals surface area contributed by atoms with Crippen LogP contribution in [0.5, 0.6) is 0 Å². The van der Waals surface area contributed by atoms with Crippen LogP contribution in [0.15, 0.2) is 65.8 Å². The van der Waals surface area contributed by atoms with Gasteiger partial charge in [-0.05, 0) is 49.9 Å². The number of Topliss-reactive ketones (excluding diaryl/α,β-unsaturated/α-hetero) is 2. The average Bonchev–Trinajstić information content (AvgIpc) is 3.32. The van der Waals surface area contributed by atoms with E-state index in [2.05, 4.69) is 26.1 Å². The summed E-state index contributed by atoms with van der Waals surface area (Å²) in [5, 5.41) is 3.97. The third-order valence-corrected chi connectivity index (χ3v) is 6.13. The Morgan fingerprint density at radius 3 is 2.43 bits per heavy atom. The fourth-order valence-electron chi connectivity index (χ4n) is 4.11. The van der Waals surface area contributed by atoms with Gasteiger partial charge in [0.15, 0.2) is 5.96 Å². The van der Waals surface area contributed by atoms with E-state index in [0.717, 1.165) is 22.0 Å². The zero-order valence-electron chi connectivity index (χ0n) is 21.9. The monoisotopic (exact) mass is 506 g/mol. The number of nitrogens with zero attached hydrogens (tertiary/aromatic N) is 1. The van der Waals surface area contributed by atoms with Crippen molar-refractivity contribution in [3.63, 3.8) is 0 Å². The van der Waals surface area contributed by atoms with Gasteiger partial charge in [0.05, 0.1) is 18.1 Å². The summed E-state index contributed by atoms with van der Waals surface area (Å²) in [7, 11) is 1.65. The van der Waals surface area contributed by atoms with E-state index in [1.807, 2.05) is 60.8 Å². The smallest absolute Gasteiger partial charge is 0.218 e. The van der Waals surface area contributed by atoms with Crippen LogP contribution in [0.4, 0.5) is 0 Å². The van der Waals surface area contributed by atoms with Gasteiger partial charge in [-0.15, -0.1) is 0 Å². The molecule has 0 saturated heterocycles. The van der Waals surface area contributed by atoms with Crippen molar-refractivity contribution in [2.45, 2.75) is 43.8 Å². The lowest BCUT2D eigenvalue weighted by Crippen LogP contribution is -2.55. The van der Waals surface area contributed by atoms with Crippen LogP contribution in [0, 0.1) is 0 Å². The number of aliphatic imine (C=N–C) groups is 1. The number of carbonyl (C=O) groups is 3. The lowest BCUT2D eigenvalue weighted by molar-refractivity contribution is -0.139. The summed E-state index contributed by atoms with van der Waals surface area (Å²) in [6, 6.07) is 14.4. The molecular formula is C27H35N7O3. The van der Waals surface area contributed by atoms with Gasteiger partial charge in [-0.2, -0.15) is 0 Å². The zero-order valence-corrected chi connectivity index (χ0v) is 20.9. The van der Waals surface area contributed by atoms with Crippen LogP contribution in [0.3, 0.4) is 0 Å². The van der Waals surface area contributed by atoms with E-state index in [-0.39, 0.29) is 18.8 Å². The number of ketones is 2. The Bertz CT molecular complexity index is 1260. The SMILES string of the molecule is [2H]C(=O)[C@H](CCCN=C(N)N)NNC(Cc1ccccc1)C(=O)C(=O)[C@H](Cc1c[nH]c2ccccc12)NC. The Hall–Kier alpha value is -3.86. The summed E-state index contributed by atoms with van der Waals surface area (Å²) >= 11 is 0. The number of aldehydes is 1. The van der Waals surface area contributed by atoms with Crippen LogP contribution in [0.2, 0.25) is 0 Å². The maximum absolute atomic E-state index is 13.5. The van der Waals surface area contributed by atoms with Crippen molar-refractivity contribution >= 4 is 34.7 Å². The first-order valence-corrected chi connectivity index (χ1v) is 12.2. The second kappa shape index (κ2) is 14.0. The Balaban J connectivity index is 1.73. The number of nitrogens with two attached hydrogens (primary N) is 2. The predicted octanol–water partition coefficient (Wildman–Crippen LogP) is 0.763. The molecule has 0 fully saturated rings. The predicted molar refractivity (Wildman–Crippen MR) is 145 cm³/mol. The highest BCUT2D eigenvalue weighted by atomic mass is 16.2. The number of fused-ring (bicyclic) bond motifs is 1. The molecule has 0 bridgehead atoms. The first-order chi connectivity index (χ1) is 18.3. The number of nitrogens with one attached hydrogen (secondary N) is 4. The van der Waals surface area contributed by atoms with Crippen molar-refractivity contribution in [3.8, 4) is 0 Å². The molecule has 0 aliphatic carbocycles. The number of hydrogen-bond acceptors (Lipinski definition) is 7. The number of para-hydroxylation sites is 1. The van der Waals surface area contributed by atoms with E-state index >= 15 is 0 Å². The molecule has 10 heteroatoms. The first-order valence-electron chi connectivity index (χ1n) is 12.7. The molecule has 1 aromatic heterocycles. The third kappa shape index (κ3) is 8.07. The highest BCUT2D eigenvalue weighted by Crippen LogP contribution is 2.19. The highest BCUT2D eigenvalue weighted by Gasteiger charge is 2.31. The average molecular weight is 507 g/mol. The number of hydrogen-bond donors (Lipinski definition) is 6. The van der Waals surface area contributed by atoms with E-state index in [1.165, 1.54) is 0 Å². The molecule has 0 aliphatic rings. The number of carbonyl (C=O) groups excluding carboxylic acids is 3. The summed E-state index contributed by atoms with van der Waals surface area (Å²) in [5.41, 5.74) is 19.0. The Kier molecular flexibility index (Phi) is 9.94. The minimum Gasteiger partial charge on any atom is -0.370 e. The standard InChI is InChI=1S/C27H35N7O3/c1-30-23(15-19-16-32-22-12-6-5-11-21(19)22)25(36)26(37)24(14-18-8-3-2-4-9-18)34-33-20(17-35)10-7-13-31-27(28)29/h2-6,8-9,11-12,16-17,20,23-24,30,32-34H,7,10,13-15H2,1H3,(H4,28,29,31)/t20-,23-,24?/m0/s1/i17D. The fourth-order valence-corrected chi connectivity index (χ4v) is 4.11. The van der Waals surface area contributed by atoms with Gasteiger partial charge >= 0.3 is 0 Å². The van der Waals surface area contributed by atoms with Crippen LogP contribution in [0.1, 0.15) is 25.3 Å². The lowest BCUT2D eigenvalue weighted by atomic mass is 9.94. The molecule has 0 radical (unpaired) electrons. The van der Waals surface area contributed by atoms with Crippen molar-refractivity contribution < 1.29 is 15.8 Å². The van der Waals surface area contributed by atoms with Gasteiger partial charge in [-0.25, -0.2) is 10.9 Å². The van der Waals surface area contributed by atoms with Crippen LogP contribution in [-0.4, -0.2) is 60.5 Å². The number of rotatable bonds is 16. The van der Waals surface area contributed by atoms with E-state index < -0.39 is 36.0 Å². The van der Waals surface area contributed by atoms with Crippen LogP contribution in [-0.2, 0) is 27.2 Å². The molecule has 1 heterocycles. The van der Waals surface area contributed by atoms with E-state index in [9.17, 15) is 14.4 Å². The minimum atomic E-state index is -0.955.